The Morgan fingerprint density at radius 2 is 0.971 bits per heavy atom. The Morgan fingerprint density at radius 3 is 1.37 bits per heavy atom. The van der Waals surface area contributed by atoms with Gasteiger partial charge in [0.15, 0.2) is 0 Å². The van der Waals surface area contributed by atoms with Gasteiger partial charge >= 0.3 is 0 Å². The second-order valence-corrected chi connectivity index (χ2v) is 21.1. The van der Waals surface area contributed by atoms with Crippen molar-refractivity contribution in [3.63, 3.8) is 0 Å². The van der Waals surface area contributed by atoms with Gasteiger partial charge in [0.1, 0.15) is 0 Å². The third-order valence-electron chi connectivity index (χ3n) is 16.2. The van der Waals surface area contributed by atoms with Crippen molar-refractivity contribution in [2.75, 3.05) is 10.6 Å². The number of rotatable bonds is 8. The normalized spacial score (nSPS) is 26.1. The number of fused-ring (bicyclic) bond motifs is 6. The second kappa shape index (κ2) is 19.6. The Hall–Kier alpha value is -5.96. The molecule has 352 valence electrons. The van der Waals surface area contributed by atoms with Gasteiger partial charge in [-0.1, -0.05) is 72.8 Å². The number of aliphatic hydroxyl groups is 2. The van der Waals surface area contributed by atoms with Crippen LogP contribution in [0.3, 0.4) is 0 Å². The number of carbonyl (C=O) groups is 2. The molecule has 0 unspecified atom stereocenters. The lowest BCUT2D eigenvalue weighted by Gasteiger charge is -2.49. The molecule has 6 aromatic rings. The molecule has 0 spiro atoms. The summed E-state index contributed by atoms with van der Waals surface area (Å²) in [6, 6.07) is 41.6. The minimum atomic E-state index is -0.600. The molecule has 0 bridgehead atoms. The van der Waals surface area contributed by atoms with Crippen LogP contribution in [0.25, 0.3) is 0 Å². The van der Waals surface area contributed by atoms with Crippen LogP contribution < -0.4 is 10.6 Å². The van der Waals surface area contributed by atoms with Gasteiger partial charge in [-0.05, 0) is 211 Å². The number of hydrogen-bond donors (Lipinski definition) is 4. The molecule has 8 nitrogen and oxygen atoms in total. The van der Waals surface area contributed by atoms with E-state index in [1.807, 2.05) is 64.1 Å². The summed E-state index contributed by atoms with van der Waals surface area (Å²) < 4.78 is 0. The lowest BCUT2D eigenvalue weighted by molar-refractivity contribution is -0.0333. The summed E-state index contributed by atoms with van der Waals surface area (Å²) in [5, 5.41) is 28.0. The summed E-state index contributed by atoms with van der Waals surface area (Å²) in [7, 11) is 0. The molecule has 4 aliphatic rings. The third-order valence-corrected chi connectivity index (χ3v) is 16.2. The van der Waals surface area contributed by atoms with Crippen LogP contribution in [0, 0.1) is 25.7 Å². The molecule has 6 atom stereocenters. The molecule has 0 saturated heterocycles. The van der Waals surface area contributed by atoms with E-state index in [2.05, 4.69) is 106 Å². The molecule has 10 rings (SSSR count). The molecule has 0 radical (unpaired) electrons. The molecule has 2 saturated carbocycles. The van der Waals surface area contributed by atoms with Crippen molar-refractivity contribution in [2.45, 2.75) is 140 Å². The monoisotopic (exact) mass is 909 g/mol. The van der Waals surface area contributed by atoms with Crippen LogP contribution in [0.5, 0.6) is 0 Å². The van der Waals surface area contributed by atoms with Crippen LogP contribution in [-0.2, 0) is 36.5 Å². The highest BCUT2D eigenvalue weighted by molar-refractivity contribution is 6.05. The maximum atomic E-state index is 13.1. The van der Waals surface area contributed by atoms with Crippen molar-refractivity contribution in [3.8, 4) is 0 Å². The highest BCUT2D eigenvalue weighted by Gasteiger charge is 2.51. The van der Waals surface area contributed by atoms with Gasteiger partial charge < -0.3 is 20.8 Å². The largest absolute Gasteiger partial charge is 0.390 e. The number of hydrogen-bond acceptors (Lipinski definition) is 6. The highest BCUT2D eigenvalue weighted by Crippen LogP contribution is 2.55. The van der Waals surface area contributed by atoms with E-state index in [9.17, 15) is 19.8 Å². The Labute approximate surface area is 403 Å². The first-order valence-electron chi connectivity index (χ1n) is 25.0. The highest BCUT2D eigenvalue weighted by atomic mass is 16.3. The van der Waals surface area contributed by atoms with Crippen LogP contribution in [0.2, 0.25) is 0 Å². The van der Waals surface area contributed by atoms with Crippen LogP contribution in [-0.4, -0.2) is 43.2 Å². The molecule has 68 heavy (non-hydrogen) atoms. The predicted octanol–water partition coefficient (Wildman–Crippen LogP) is 12.0. The van der Waals surface area contributed by atoms with Crippen LogP contribution >= 0.6 is 0 Å². The third kappa shape index (κ3) is 10.1. The number of aryl methyl sites for hydroxylation is 4. The average Bonchev–Trinajstić information content (AvgIpc) is 3.57. The van der Waals surface area contributed by atoms with Crippen LogP contribution in [0.4, 0.5) is 11.4 Å². The van der Waals surface area contributed by atoms with E-state index in [0.29, 0.717) is 23.0 Å². The molecule has 2 fully saturated rings. The van der Waals surface area contributed by atoms with E-state index in [0.717, 1.165) is 113 Å². The Morgan fingerprint density at radius 1 is 0.559 bits per heavy atom. The number of nitrogens with zero attached hydrogens (tertiary/aromatic N) is 2. The zero-order chi connectivity index (χ0) is 47.5. The lowest BCUT2D eigenvalue weighted by atomic mass is 9.56. The molecule has 4 aromatic carbocycles. The zero-order valence-corrected chi connectivity index (χ0v) is 40.4. The van der Waals surface area contributed by atoms with Crippen LogP contribution in [0.15, 0.2) is 134 Å². The van der Waals surface area contributed by atoms with Gasteiger partial charge in [-0.2, -0.15) is 0 Å². The van der Waals surface area contributed by atoms with Gasteiger partial charge in [0.25, 0.3) is 11.8 Å². The number of aromatic nitrogens is 2. The molecule has 8 heteroatoms. The fraction of sp³-hybridized carbons (Fsp3) is 0.400. The molecule has 2 heterocycles. The molecule has 0 aliphatic heterocycles. The topological polar surface area (TPSA) is 124 Å². The van der Waals surface area contributed by atoms with Gasteiger partial charge in [0.05, 0.1) is 34.0 Å². The van der Waals surface area contributed by atoms with Gasteiger partial charge in [-0.3, -0.25) is 19.6 Å². The van der Waals surface area contributed by atoms with E-state index in [4.69, 9.17) is 0 Å². The van der Waals surface area contributed by atoms with Crippen LogP contribution in [0.1, 0.15) is 144 Å². The Bertz CT molecular complexity index is 2560. The van der Waals surface area contributed by atoms with E-state index in [-0.39, 0.29) is 22.6 Å². The maximum Gasteiger partial charge on any atom is 0.255 e. The molecular formula is C60H68N4O4. The molecule has 4 aliphatic carbocycles. The average molecular weight is 909 g/mol. The smallest absolute Gasteiger partial charge is 0.255 e. The van der Waals surface area contributed by atoms with Crippen molar-refractivity contribution >= 4 is 23.2 Å². The van der Waals surface area contributed by atoms with Crippen molar-refractivity contribution in [3.05, 3.63) is 190 Å². The molecule has 4 N–H and O–H groups in total. The van der Waals surface area contributed by atoms with Gasteiger partial charge in [0, 0.05) is 34.4 Å². The summed E-state index contributed by atoms with van der Waals surface area (Å²) in [6.45, 7) is 7.80. The SMILES string of the molecule is Cc1ncccc1NC(=O)c1ccc2c(c1)CCC[C@@H]1C[C@](C)(O)CC[C@@]21Cc1ccccc1.Cc1ncccc1NC(=O)c1ccc2c(c1)CCC[C@H]1C[C@@](C)(O)CC[C@]21Cc1ccccc1. The fourth-order valence-corrected chi connectivity index (χ4v) is 12.6. The summed E-state index contributed by atoms with van der Waals surface area (Å²) in [6.07, 6.45) is 16.9. The fourth-order valence-electron chi connectivity index (χ4n) is 12.6. The molecular weight excluding hydrogens is 841 g/mol. The number of amides is 2. The molecule has 2 amide bonds. The van der Waals surface area contributed by atoms with Crippen molar-refractivity contribution in [1.29, 1.82) is 0 Å². The van der Waals surface area contributed by atoms with Gasteiger partial charge in [-0.15, -0.1) is 0 Å². The van der Waals surface area contributed by atoms with Gasteiger partial charge in [-0.25, -0.2) is 0 Å². The quantitative estimate of drug-likeness (QED) is 0.121. The number of pyridine rings is 2. The summed E-state index contributed by atoms with van der Waals surface area (Å²) in [5.74, 6) is 0.664. The zero-order valence-electron chi connectivity index (χ0n) is 40.4. The van der Waals surface area contributed by atoms with Gasteiger partial charge in [0.2, 0.25) is 0 Å². The first-order valence-corrected chi connectivity index (χ1v) is 25.0. The number of nitrogens with one attached hydrogen (secondary N) is 2. The molecule has 2 aromatic heterocycles. The Balaban J connectivity index is 0.000000170. The van der Waals surface area contributed by atoms with Crippen molar-refractivity contribution < 1.29 is 19.8 Å². The standard InChI is InChI=1S/2C30H34N2O2/c2*1-21-27(12-7-17-31-21)32-28(33)24-13-14-26-23(18-24)10-6-11-25-20-29(2,34)15-16-30(25,26)19-22-8-4-3-5-9-22/h2*3-5,7-9,12-14,17-18,25,34H,6,10-11,15-16,19-20H2,1-2H3,(H,32,33)/t2*25-,29-,30+/m10/s1. The van der Waals surface area contributed by atoms with Crippen molar-refractivity contribution in [1.82, 2.24) is 9.97 Å². The first-order chi connectivity index (χ1) is 32.7. The number of anilines is 2. The second-order valence-electron chi connectivity index (χ2n) is 21.1. The van der Waals surface area contributed by atoms with Crippen molar-refractivity contribution in [2.24, 2.45) is 11.8 Å². The predicted molar refractivity (Wildman–Crippen MR) is 272 cm³/mol. The summed E-state index contributed by atoms with van der Waals surface area (Å²) in [4.78, 5) is 34.8. The van der Waals surface area contributed by atoms with E-state index in [1.54, 1.807) is 12.4 Å². The first kappa shape index (κ1) is 47.1. The summed E-state index contributed by atoms with van der Waals surface area (Å²) in [5.41, 5.74) is 11.3. The summed E-state index contributed by atoms with van der Waals surface area (Å²) >= 11 is 0. The van der Waals surface area contributed by atoms with E-state index >= 15 is 0 Å². The Kier molecular flexibility index (Phi) is 13.6. The van der Waals surface area contributed by atoms with E-state index in [1.165, 1.54) is 33.4 Å². The number of carbonyl (C=O) groups excluding carboxylic acids is 2. The minimum absolute atomic E-state index is 0.00955. The lowest BCUT2D eigenvalue weighted by Crippen LogP contribution is -2.47. The minimum Gasteiger partial charge on any atom is -0.390 e. The van der Waals surface area contributed by atoms with E-state index < -0.39 is 11.2 Å². The maximum absolute atomic E-state index is 13.1. The number of benzene rings is 4.